The summed E-state index contributed by atoms with van der Waals surface area (Å²) in [7, 11) is 0. The van der Waals surface area contributed by atoms with Crippen molar-refractivity contribution in [2.24, 2.45) is 5.41 Å². The van der Waals surface area contributed by atoms with E-state index in [0.29, 0.717) is 17.9 Å². The maximum atomic E-state index is 12.6. The molecule has 8 nitrogen and oxygen atoms in total. The van der Waals surface area contributed by atoms with Gasteiger partial charge in [0.1, 0.15) is 17.1 Å². The summed E-state index contributed by atoms with van der Waals surface area (Å²) in [6, 6.07) is 12.5. The molecule has 9 heteroatoms. The zero-order valence-electron chi connectivity index (χ0n) is 22.2. The number of halogens is 1. The summed E-state index contributed by atoms with van der Waals surface area (Å²) in [6.07, 6.45) is 4.20. The van der Waals surface area contributed by atoms with Crippen molar-refractivity contribution < 1.29 is 14.6 Å². The standard InChI is InChI=1S/C29H34BrN3O5/c1-18-16-33(28(37)31-26(18)34)21-8-6-12-32(17-21)24(15-29(2,3)4)19-10-11-23(27(35)36)25(13-19)38-22-9-5-7-20(30)14-22/h5,7,9-11,13-14,16,21,24H,6,8,12,15,17H2,1-4H3,(H,35,36)(H,31,34,37)/t21-,24?/m0/s1. The monoisotopic (exact) mass is 583 g/mol. The van der Waals surface area contributed by atoms with Crippen LogP contribution in [-0.4, -0.2) is 38.6 Å². The van der Waals surface area contributed by atoms with Crippen molar-refractivity contribution >= 4 is 21.9 Å². The number of carboxylic acids is 1. The summed E-state index contributed by atoms with van der Waals surface area (Å²) in [6.45, 7) is 9.73. The van der Waals surface area contributed by atoms with E-state index in [0.717, 1.165) is 35.8 Å². The molecule has 2 atom stereocenters. The maximum Gasteiger partial charge on any atom is 0.339 e. The number of H-pyrrole nitrogens is 1. The largest absolute Gasteiger partial charge is 0.478 e. The predicted molar refractivity (Wildman–Crippen MR) is 150 cm³/mol. The second-order valence-corrected chi connectivity index (χ2v) is 12.1. The lowest BCUT2D eigenvalue weighted by Gasteiger charge is -2.41. The van der Waals surface area contributed by atoms with Crippen molar-refractivity contribution in [1.29, 1.82) is 0 Å². The Labute approximate surface area is 230 Å². The van der Waals surface area contributed by atoms with Crippen LogP contribution >= 0.6 is 15.9 Å². The van der Waals surface area contributed by atoms with Crippen molar-refractivity contribution in [3.63, 3.8) is 0 Å². The molecular weight excluding hydrogens is 550 g/mol. The lowest BCUT2D eigenvalue weighted by molar-refractivity contribution is 0.0693. The van der Waals surface area contributed by atoms with Crippen LogP contribution in [0.1, 0.15) is 73.6 Å². The number of piperidine rings is 1. The van der Waals surface area contributed by atoms with E-state index >= 15 is 0 Å². The molecule has 4 rings (SSSR count). The third kappa shape index (κ3) is 6.63. The number of aromatic amines is 1. The molecule has 1 fully saturated rings. The molecule has 1 saturated heterocycles. The number of benzene rings is 2. The highest BCUT2D eigenvalue weighted by atomic mass is 79.9. The number of ether oxygens (including phenoxy) is 1. The fourth-order valence-electron chi connectivity index (χ4n) is 5.05. The van der Waals surface area contributed by atoms with E-state index in [2.05, 4.69) is 46.6 Å². The Hall–Kier alpha value is -3.17. The molecule has 1 unspecified atom stereocenters. The van der Waals surface area contributed by atoms with Crippen LogP contribution in [0.3, 0.4) is 0 Å². The molecule has 3 aromatic rings. The summed E-state index contributed by atoms with van der Waals surface area (Å²) in [5, 5.41) is 9.83. The average molecular weight is 585 g/mol. The molecule has 1 aliphatic rings. The normalized spacial score (nSPS) is 17.2. The molecule has 2 N–H and O–H groups in total. The van der Waals surface area contributed by atoms with Gasteiger partial charge in [0.25, 0.3) is 5.56 Å². The van der Waals surface area contributed by atoms with Crippen molar-refractivity contribution in [3.05, 3.63) is 90.7 Å². The van der Waals surface area contributed by atoms with Crippen LogP contribution in [-0.2, 0) is 0 Å². The van der Waals surface area contributed by atoms with Crippen molar-refractivity contribution in [2.75, 3.05) is 13.1 Å². The van der Waals surface area contributed by atoms with E-state index in [1.807, 2.05) is 24.3 Å². The smallest absolute Gasteiger partial charge is 0.339 e. The molecule has 0 bridgehead atoms. The Bertz CT molecular complexity index is 1440. The fraction of sp³-hybridized carbons (Fsp3) is 0.414. The lowest BCUT2D eigenvalue weighted by Crippen LogP contribution is -2.44. The molecule has 0 spiro atoms. The van der Waals surface area contributed by atoms with E-state index < -0.39 is 11.7 Å². The Morgan fingerprint density at radius 3 is 2.66 bits per heavy atom. The second-order valence-electron chi connectivity index (χ2n) is 11.2. The van der Waals surface area contributed by atoms with Crippen LogP contribution < -0.4 is 16.0 Å². The zero-order valence-corrected chi connectivity index (χ0v) is 23.7. The number of aromatic carboxylic acids is 1. The first-order valence-corrected chi connectivity index (χ1v) is 13.6. The number of nitrogens with one attached hydrogen (secondary N) is 1. The Balaban J connectivity index is 1.71. The van der Waals surface area contributed by atoms with Crippen molar-refractivity contribution in [1.82, 2.24) is 14.5 Å². The topological polar surface area (TPSA) is 105 Å². The molecule has 0 radical (unpaired) electrons. The van der Waals surface area contributed by atoms with Gasteiger partial charge in [0.05, 0.1) is 6.04 Å². The number of rotatable bonds is 7. The summed E-state index contributed by atoms with van der Waals surface area (Å²) in [5.74, 6) is -0.231. The van der Waals surface area contributed by atoms with Gasteiger partial charge in [-0.1, -0.05) is 48.8 Å². The first-order chi connectivity index (χ1) is 17.9. The first-order valence-electron chi connectivity index (χ1n) is 12.8. The van der Waals surface area contributed by atoms with E-state index in [-0.39, 0.29) is 34.4 Å². The number of carboxylic acid groups (broad SMARTS) is 1. The van der Waals surface area contributed by atoms with Crippen LogP contribution in [0.2, 0.25) is 0 Å². The SMILES string of the molecule is Cc1cn([C@H]2CCCN(C(CC(C)(C)C)c3ccc(C(=O)O)c(Oc4cccc(Br)c4)c3)C2)c(=O)[nH]c1=O. The van der Waals surface area contributed by atoms with E-state index in [1.54, 1.807) is 35.9 Å². The predicted octanol–water partition coefficient (Wildman–Crippen LogP) is 5.91. The molecule has 2 aromatic carbocycles. The molecule has 38 heavy (non-hydrogen) atoms. The van der Waals surface area contributed by atoms with Crippen LogP contribution in [0.25, 0.3) is 0 Å². The van der Waals surface area contributed by atoms with Crippen LogP contribution in [0.5, 0.6) is 11.5 Å². The molecule has 1 aliphatic heterocycles. The molecule has 2 heterocycles. The third-order valence-corrected chi connectivity index (χ3v) is 7.35. The van der Waals surface area contributed by atoms with Crippen molar-refractivity contribution in [2.45, 2.75) is 59.0 Å². The zero-order chi connectivity index (χ0) is 27.6. The number of likely N-dealkylation sites (tertiary alicyclic amines) is 1. The van der Waals surface area contributed by atoms with Gasteiger partial charge in [-0.2, -0.15) is 0 Å². The van der Waals surface area contributed by atoms with E-state index in [1.165, 1.54) is 0 Å². The highest BCUT2D eigenvalue weighted by molar-refractivity contribution is 9.10. The van der Waals surface area contributed by atoms with Gasteiger partial charge in [-0.3, -0.25) is 19.2 Å². The molecule has 0 aliphatic carbocycles. The third-order valence-electron chi connectivity index (χ3n) is 6.86. The number of aryl methyl sites for hydroxylation is 1. The maximum absolute atomic E-state index is 12.6. The van der Waals surface area contributed by atoms with Crippen molar-refractivity contribution in [3.8, 4) is 11.5 Å². The highest BCUT2D eigenvalue weighted by Crippen LogP contribution is 2.39. The minimum atomic E-state index is -1.06. The van der Waals surface area contributed by atoms with Crippen LogP contribution in [0.4, 0.5) is 0 Å². The second kappa shape index (κ2) is 11.3. The highest BCUT2D eigenvalue weighted by Gasteiger charge is 2.32. The quantitative estimate of drug-likeness (QED) is 0.358. The molecule has 0 saturated carbocycles. The van der Waals surface area contributed by atoms with Gasteiger partial charge in [0.2, 0.25) is 0 Å². The number of carbonyl (C=O) groups is 1. The molecule has 202 valence electrons. The van der Waals surface area contributed by atoms with Gasteiger partial charge in [-0.05, 0) is 74.0 Å². The summed E-state index contributed by atoms with van der Waals surface area (Å²) in [4.78, 5) is 41.3. The number of aromatic nitrogens is 2. The van der Waals surface area contributed by atoms with Crippen LogP contribution in [0.15, 0.2) is 62.7 Å². The minimum Gasteiger partial charge on any atom is -0.478 e. The van der Waals surface area contributed by atoms with Gasteiger partial charge in [-0.15, -0.1) is 0 Å². The van der Waals surface area contributed by atoms with Gasteiger partial charge >= 0.3 is 11.7 Å². The summed E-state index contributed by atoms with van der Waals surface area (Å²) in [5.41, 5.74) is 0.790. The van der Waals surface area contributed by atoms with E-state index in [4.69, 9.17) is 4.74 Å². The fourth-order valence-corrected chi connectivity index (χ4v) is 5.43. The minimum absolute atomic E-state index is 0.0141. The first kappa shape index (κ1) is 27.9. The summed E-state index contributed by atoms with van der Waals surface area (Å²) < 4.78 is 8.56. The van der Waals surface area contributed by atoms with Gasteiger partial charge in [-0.25, -0.2) is 9.59 Å². The lowest BCUT2D eigenvalue weighted by atomic mass is 9.83. The van der Waals surface area contributed by atoms with Gasteiger partial charge in [0.15, 0.2) is 0 Å². The van der Waals surface area contributed by atoms with Gasteiger partial charge < -0.3 is 9.84 Å². The van der Waals surface area contributed by atoms with Crippen LogP contribution in [0, 0.1) is 12.3 Å². The Kier molecular flexibility index (Phi) is 8.28. The van der Waals surface area contributed by atoms with E-state index in [9.17, 15) is 19.5 Å². The number of hydrogen-bond acceptors (Lipinski definition) is 5. The number of nitrogens with zero attached hydrogens (tertiary/aromatic N) is 2. The Morgan fingerprint density at radius 2 is 1.97 bits per heavy atom. The number of hydrogen-bond donors (Lipinski definition) is 2. The summed E-state index contributed by atoms with van der Waals surface area (Å²) >= 11 is 3.44. The molecular formula is C29H34BrN3O5. The average Bonchev–Trinajstić information content (AvgIpc) is 2.84. The molecule has 0 amide bonds. The molecule has 1 aromatic heterocycles. The van der Waals surface area contributed by atoms with Gasteiger partial charge in [0, 0.05) is 28.8 Å². The Morgan fingerprint density at radius 1 is 1.21 bits per heavy atom.